The number of ether oxygens (including phenoxy) is 3. The lowest BCUT2D eigenvalue weighted by molar-refractivity contribution is 0.0588. The van der Waals surface area contributed by atoms with E-state index in [-0.39, 0.29) is 29.3 Å². The number of rotatable bonds is 5. The zero-order valence-corrected chi connectivity index (χ0v) is 13.8. The van der Waals surface area contributed by atoms with Gasteiger partial charge in [0, 0.05) is 5.39 Å². The van der Waals surface area contributed by atoms with Crippen LogP contribution in [0.2, 0.25) is 0 Å². The van der Waals surface area contributed by atoms with Gasteiger partial charge in [0.1, 0.15) is 17.9 Å². The number of halogens is 1. The molecule has 0 aliphatic carbocycles. The van der Waals surface area contributed by atoms with Crippen LogP contribution in [0, 0.1) is 5.82 Å². The van der Waals surface area contributed by atoms with Crippen molar-refractivity contribution >= 4 is 16.9 Å². The molecule has 0 saturated carbocycles. The first-order valence-corrected chi connectivity index (χ1v) is 7.57. The summed E-state index contributed by atoms with van der Waals surface area (Å²) < 4.78 is 30.1. The monoisotopic (exact) mass is 341 g/mol. The molecule has 128 valence electrons. The first-order valence-electron chi connectivity index (χ1n) is 7.57. The first-order chi connectivity index (χ1) is 12.2. The van der Waals surface area contributed by atoms with E-state index in [1.54, 1.807) is 12.1 Å². The summed E-state index contributed by atoms with van der Waals surface area (Å²) in [5.41, 5.74) is 0.791. The topological polar surface area (TPSA) is 57.7 Å². The Morgan fingerprint density at radius 1 is 1.04 bits per heavy atom. The van der Waals surface area contributed by atoms with Crippen molar-refractivity contribution in [2.45, 2.75) is 6.61 Å². The molecule has 0 N–H and O–H groups in total. The molecule has 5 nitrogen and oxygen atoms in total. The van der Waals surface area contributed by atoms with E-state index >= 15 is 0 Å². The van der Waals surface area contributed by atoms with Crippen molar-refractivity contribution in [3.8, 4) is 11.5 Å². The van der Waals surface area contributed by atoms with E-state index < -0.39 is 11.8 Å². The quantitative estimate of drug-likeness (QED) is 0.662. The molecule has 3 aromatic rings. The number of aromatic nitrogens is 1. The summed E-state index contributed by atoms with van der Waals surface area (Å²) >= 11 is 0. The van der Waals surface area contributed by atoms with Gasteiger partial charge in [0.05, 0.1) is 14.2 Å². The molecule has 3 rings (SSSR count). The second kappa shape index (κ2) is 7.17. The number of methoxy groups -OCH3 is 2. The molecule has 0 atom stereocenters. The minimum absolute atomic E-state index is 0.0202. The number of hydrogen-bond donors (Lipinski definition) is 0. The number of fused-ring (bicyclic) bond motifs is 1. The third-order valence-electron chi connectivity index (χ3n) is 3.69. The van der Waals surface area contributed by atoms with Gasteiger partial charge >= 0.3 is 5.97 Å². The fraction of sp³-hybridized carbons (Fsp3) is 0.158. The van der Waals surface area contributed by atoms with Crippen LogP contribution in [0.15, 0.2) is 48.5 Å². The maximum Gasteiger partial charge on any atom is 0.360 e. The highest BCUT2D eigenvalue weighted by Crippen LogP contribution is 2.38. The molecule has 2 aromatic carbocycles. The van der Waals surface area contributed by atoms with Crippen molar-refractivity contribution in [2.24, 2.45) is 0 Å². The predicted octanol–water partition coefficient (Wildman–Crippen LogP) is 3.75. The Morgan fingerprint density at radius 2 is 1.80 bits per heavy atom. The summed E-state index contributed by atoms with van der Waals surface area (Å²) in [5, 5.41) is 0.415. The summed E-state index contributed by atoms with van der Waals surface area (Å²) in [6.45, 7) is 0.198. The van der Waals surface area contributed by atoms with E-state index in [0.29, 0.717) is 5.39 Å². The highest BCUT2D eigenvalue weighted by atomic mass is 19.1. The van der Waals surface area contributed by atoms with Crippen molar-refractivity contribution in [3.63, 3.8) is 0 Å². The Bertz CT molecular complexity index is 912. The SMILES string of the molecule is COC(=O)c1nc2c(F)cccc2c(OC)c1OCc1ccccc1. The maximum absolute atomic E-state index is 14.1. The average molecular weight is 341 g/mol. The summed E-state index contributed by atoms with van der Waals surface area (Å²) in [4.78, 5) is 16.2. The summed E-state index contributed by atoms with van der Waals surface area (Å²) in [7, 11) is 2.65. The minimum atomic E-state index is -0.730. The zero-order valence-electron chi connectivity index (χ0n) is 13.8. The Hall–Kier alpha value is -3.15. The van der Waals surface area contributed by atoms with E-state index in [4.69, 9.17) is 14.2 Å². The van der Waals surface area contributed by atoms with Crippen LogP contribution in [-0.4, -0.2) is 25.2 Å². The normalized spacial score (nSPS) is 10.5. The van der Waals surface area contributed by atoms with Gasteiger partial charge in [0.15, 0.2) is 17.2 Å². The third kappa shape index (κ3) is 3.24. The number of hydrogen-bond acceptors (Lipinski definition) is 5. The Labute approximate surface area is 144 Å². The van der Waals surface area contributed by atoms with Gasteiger partial charge in [-0.1, -0.05) is 36.4 Å². The van der Waals surface area contributed by atoms with Gasteiger partial charge in [-0.2, -0.15) is 0 Å². The van der Waals surface area contributed by atoms with Gasteiger partial charge in [0.2, 0.25) is 0 Å². The van der Waals surface area contributed by atoms with Crippen molar-refractivity contribution in [1.29, 1.82) is 0 Å². The third-order valence-corrected chi connectivity index (χ3v) is 3.69. The molecule has 6 heteroatoms. The zero-order chi connectivity index (χ0) is 17.8. The largest absolute Gasteiger partial charge is 0.492 e. The molecule has 0 aliphatic heterocycles. The second-order valence-corrected chi connectivity index (χ2v) is 5.22. The minimum Gasteiger partial charge on any atom is -0.492 e. The van der Waals surface area contributed by atoms with E-state index in [1.807, 2.05) is 30.3 Å². The van der Waals surface area contributed by atoms with Crippen LogP contribution in [0.3, 0.4) is 0 Å². The molecule has 0 amide bonds. The lowest BCUT2D eigenvalue weighted by atomic mass is 10.1. The number of carbonyl (C=O) groups is 1. The van der Waals surface area contributed by atoms with Crippen LogP contribution < -0.4 is 9.47 Å². The van der Waals surface area contributed by atoms with Crippen LogP contribution in [-0.2, 0) is 11.3 Å². The summed E-state index contributed by atoms with van der Waals surface area (Å²) in [6.07, 6.45) is 0. The molecule has 0 bridgehead atoms. The van der Waals surface area contributed by atoms with Crippen LogP contribution in [0.4, 0.5) is 4.39 Å². The van der Waals surface area contributed by atoms with Gasteiger partial charge in [-0.15, -0.1) is 0 Å². The fourth-order valence-corrected chi connectivity index (χ4v) is 2.51. The Morgan fingerprint density at radius 3 is 2.48 bits per heavy atom. The van der Waals surface area contributed by atoms with Crippen molar-refractivity contribution in [3.05, 3.63) is 65.6 Å². The lowest BCUT2D eigenvalue weighted by Crippen LogP contribution is -2.11. The molecule has 25 heavy (non-hydrogen) atoms. The standard InChI is InChI=1S/C19H16FNO4/c1-23-17-13-9-6-10-14(20)15(13)21-16(19(22)24-2)18(17)25-11-12-7-4-3-5-8-12/h3-10H,11H2,1-2H3. The van der Waals surface area contributed by atoms with Gasteiger partial charge in [-0.05, 0) is 17.7 Å². The lowest BCUT2D eigenvalue weighted by Gasteiger charge is -2.16. The molecule has 0 fully saturated rings. The Balaban J connectivity index is 2.14. The molecule has 1 heterocycles. The molecule has 0 spiro atoms. The van der Waals surface area contributed by atoms with Gasteiger partial charge in [-0.3, -0.25) is 0 Å². The number of esters is 1. The smallest absolute Gasteiger partial charge is 0.360 e. The van der Waals surface area contributed by atoms with Crippen LogP contribution >= 0.6 is 0 Å². The van der Waals surface area contributed by atoms with Crippen molar-refractivity contribution in [1.82, 2.24) is 4.98 Å². The van der Waals surface area contributed by atoms with Crippen LogP contribution in [0.5, 0.6) is 11.5 Å². The Kier molecular flexibility index (Phi) is 4.79. The second-order valence-electron chi connectivity index (χ2n) is 5.22. The molecule has 0 radical (unpaired) electrons. The predicted molar refractivity (Wildman–Crippen MR) is 90.4 cm³/mol. The maximum atomic E-state index is 14.1. The van der Waals surface area contributed by atoms with E-state index in [2.05, 4.69) is 4.98 Å². The number of pyridine rings is 1. The van der Waals surface area contributed by atoms with Gasteiger partial charge in [0.25, 0.3) is 0 Å². The highest BCUT2D eigenvalue weighted by molar-refractivity contribution is 5.98. The highest BCUT2D eigenvalue weighted by Gasteiger charge is 2.24. The average Bonchev–Trinajstić information content (AvgIpc) is 2.65. The van der Waals surface area contributed by atoms with Crippen molar-refractivity contribution in [2.75, 3.05) is 14.2 Å². The number of nitrogens with zero attached hydrogens (tertiary/aromatic N) is 1. The van der Waals surface area contributed by atoms with E-state index in [9.17, 15) is 9.18 Å². The molecule has 1 aromatic heterocycles. The number of benzene rings is 2. The van der Waals surface area contributed by atoms with Gasteiger partial charge in [-0.25, -0.2) is 14.2 Å². The molecule has 0 aliphatic rings. The van der Waals surface area contributed by atoms with E-state index in [1.165, 1.54) is 20.3 Å². The van der Waals surface area contributed by atoms with Crippen LogP contribution in [0.25, 0.3) is 10.9 Å². The first kappa shape index (κ1) is 16.7. The number of carbonyl (C=O) groups excluding carboxylic acids is 1. The van der Waals surface area contributed by atoms with Gasteiger partial charge < -0.3 is 14.2 Å². The summed E-state index contributed by atoms with van der Waals surface area (Å²) in [5.74, 6) is -0.931. The molecule has 0 unspecified atom stereocenters. The van der Waals surface area contributed by atoms with Crippen LogP contribution in [0.1, 0.15) is 16.1 Å². The fourth-order valence-electron chi connectivity index (χ4n) is 2.51. The molecule has 0 saturated heterocycles. The summed E-state index contributed by atoms with van der Waals surface area (Å²) in [6, 6.07) is 13.9. The number of para-hydroxylation sites is 1. The van der Waals surface area contributed by atoms with E-state index in [0.717, 1.165) is 5.56 Å². The molecular formula is C19H16FNO4. The van der Waals surface area contributed by atoms with Crippen molar-refractivity contribution < 1.29 is 23.4 Å². The molecular weight excluding hydrogens is 325 g/mol.